The second-order valence-electron chi connectivity index (χ2n) is 9.42. The Morgan fingerprint density at radius 1 is 0.914 bits per heavy atom. The largest absolute Gasteiger partial charge is 0.478 e. The van der Waals surface area contributed by atoms with Crippen LogP contribution in [0.1, 0.15) is 75.2 Å². The molecule has 0 aliphatic carbocycles. The van der Waals surface area contributed by atoms with E-state index in [1.807, 2.05) is 26.0 Å². The van der Waals surface area contributed by atoms with Crippen LogP contribution >= 0.6 is 0 Å². The topological polar surface area (TPSA) is 112 Å². The molecule has 0 aromatic heterocycles. The number of Topliss-reactive ketones (excluding diaryl/α,β-unsaturated/α-hetero) is 2. The number of amides is 1. The van der Waals surface area contributed by atoms with Crippen molar-refractivity contribution in [3.63, 3.8) is 0 Å². The first-order valence-electron chi connectivity index (χ1n) is 12.4. The van der Waals surface area contributed by atoms with E-state index >= 15 is 0 Å². The molecule has 0 radical (unpaired) electrons. The van der Waals surface area contributed by atoms with Crippen molar-refractivity contribution in [3.05, 3.63) is 47.5 Å². The van der Waals surface area contributed by atoms with Gasteiger partial charge in [-0.15, -0.1) is 0 Å². The molecule has 0 aliphatic heterocycles. The van der Waals surface area contributed by atoms with Gasteiger partial charge in [-0.1, -0.05) is 63.9 Å². The zero-order valence-corrected chi connectivity index (χ0v) is 21.0. The van der Waals surface area contributed by atoms with Gasteiger partial charge in [-0.25, -0.2) is 4.79 Å². The second-order valence-corrected chi connectivity index (χ2v) is 9.42. The summed E-state index contributed by atoms with van der Waals surface area (Å²) < 4.78 is 0. The van der Waals surface area contributed by atoms with Crippen molar-refractivity contribution >= 4 is 34.2 Å². The third-order valence-corrected chi connectivity index (χ3v) is 6.22. The van der Waals surface area contributed by atoms with Crippen LogP contribution < -0.4 is 0 Å². The van der Waals surface area contributed by atoms with E-state index in [-0.39, 0.29) is 36.0 Å². The molecule has 1 unspecified atom stereocenters. The van der Waals surface area contributed by atoms with Crippen LogP contribution in [0.15, 0.2) is 36.4 Å². The van der Waals surface area contributed by atoms with Crippen molar-refractivity contribution in [2.24, 2.45) is 11.8 Å². The van der Waals surface area contributed by atoms with Gasteiger partial charge in [0.1, 0.15) is 12.4 Å². The quantitative estimate of drug-likeness (QED) is 0.282. The Morgan fingerprint density at radius 2 is 1.60 bits per heavy atom. The number of nitrogens with zero attached hydrogens (tertiary/aromatic N) is 1. The van der Waals surface area contributed by atoms with Gasteiger partial charge in [-0.2, -0.15) is 0 Å². The summed E-state index contributed by atoms with van der Waals surface area (Å²) in [6, 6.07) is 10.6. The average molecular weight is 484 g/mol. The summed E-state index contributed by atoms with van der Waals surface area (Å²) >= 11 is 0. The minimum Gasteiger partial charge on any atom is -0.478 e. The van der Waals surface area contributed by atoms with E-state index in [0.29, 0.717) is 24.9 Å². The maximum absolute atomic E-state index is 13.2. The minimum atomic E-state index is -1.00. The van der Waals surface area contributed by atoms with E-state index in [9.17, 15) is 29.4 Å². The maximum Gasteiger partial charge on any atom is 0.336 e. The third-order valence-electron chi connectivity index (χ3n) is 6.22. The number of carbonyl (C=O) groups excluding carboxylic acids is 3. The molecule has 7 nitrogen and oxygen atoms in total. The lowest BCUT2D eigenvalue weighted by Gasteiger charge is -2.24. The Morgan fingerprint density at radius 3 is 2.20 bits per heavy atom. The highest BCUT2D eigenvalue weighted by Crippen LogP contribution is 2.25. The molecular weight excluding hydrogens is 446 g/mol. The van der Waals surface area contributed by atoms with Crippen molar-refractivity contribution in [2.75, 3.05) is 13.2 Å². The highest BCUT2D eigenvalue weighted by atomic mass is 16.4. The molecule has 7 heteroatoms. The zero-order chi connectivity index (χ0) is 26.0. The average Bonchev–Trinajstić information content (AvgIpc) is 2.84. The number of unbranched alkanes of at least 4 members (excludes halogenated alkanes) is 2. The smallest absolute Gasteiger partial charge is 0.336 e. The van der Waals surface area contributed by atoms with E-state index in [1.54, 1.807) is 29.2 Å². The summed E-state index contributed by atoms with van der Waals surface area (Å²) in [4.78, 5) is 51.4. The number of ketones is 2. The van der Waals surface area contributed by atoms with Gasteiger partial charge in [-0.05, 0) is 41.2 Å². The predicted molar refractivity (Wildman–Crippen MR) is 135 cm³/mol. The number of fused-ring (bicyclic) bond motifs is 1. The Hall–Kier alpha value is -3.06. The Labute approximate surface area is 207 Å². The molecule has 1 amide bonds. The fourth-order valence-electron chi connectivity index (χ4n) is 4.32. The van der Waals surface area contributed by atoms with Gasteiger partial charge in [0.2, 0.25) is 5.91 Å². The Kier molecular flexibility index (Phi) is 11.1. The number of carboxylic acids is 1. The van der Waals surface area contributed by atoms with Crippen LogP contribution in [0.2, 0.25) is 0 Å². The van der Waals surface area contributed by atoms with Gasteiger partial charge < -0.3 is 15.1 Å². The SMILES string of the molecule is CCCCCN(Cc1ccc(C(=O)O)c2ccccc12)C(=O)CCC(=O)C(CC(C)C)C(=O)CO. The predicted octanol–water partition coefficient (Wildman–Crippen LogP) is 4.63. The zero-order valence-electron chi connectivity index (χ0n) is 21.0. The summed E-state index contributed by atoms with van der Waals surface area (Å²) in [5.74, 6) is -2.76. The fraction of sp³-hybridized carbons (Fsp3) is 0.500. The third kappa shape index (κ3) is 7.99. The molecule has 2 N–H and O–H groups in total. The molecule has 0 fully saturated rings. The van der Waals surface area contributed by atoms with Gasteiger partial charge in [0.25, 0.3) is 0 Å². The first-order valence-corrected chi connectivity index (χ1v) is 12.4. The molecule has 35 heavy (non-hydrogen) atoms. The van der Waals surface area contributed by atoms with E-state index in [1.165, 1.54) is 0 Å². The standard InChI is InChI=1S/C28H37NO6/c1-4-5-8-15-29(27(33)14-13-25(31)24(16-19(2)3)26(32)18-30)17-20-11-12-23(28(34)35)22-10-7-6-9-21(20)22/h6-7,9-12,19,24,30H,4-5,8,13-18H2,1-3H3,(H,34,35). The first-order chi connectivity index (χ1) is 16.7. The molecule has 2 rings (SSSR count). The Balaban J connectivity index is 2.22. The van der Waals surface area contributed by atoms with Crippen molar-refractivity contribution in [2.45, 2.75) is 65.8 Å². The van der Waals surface area contributed by atoms with Crippen molar-refractivity contribution < 1.29 is 29.4 Å². The van der Waals surface area contributed by atoms with Crippen LogP contribution in [0.4, 0.5) is 0 Å². The second kappa shape index (κ2) is 13.7. The van der Waals surface area contributed by atoms with Crippen molar-refractivity contribution in [3.8, 4) is 0 Å². The number of benzene rings is 2. The molecule has 0 heterocycles. The van der Waals surface area contributed by atoms with Crippen LogP contribution in [0.25, 0.3) is 10.8 Å². The molecular formula is C28H37NO6. The summed E-state index contributed by atoms with van der Waals surface area (Å²) in [6.45, 7) is 6.05. The van der Waals surface area contributed by atoms with Crippen LogP contribution in [0.3, 0.4) is 0 Å². The highest BCUT2D eigenvalue weighted by molar-refractivity contribution is 6.05. The van der Waals surface area contributed by atoms with E-state index in [4.69, 9.17) is 0 Å². The van der Waals surface area contributed by atoms with Crippen molar-refractivity contribution in [1.82, 2.24) is 4.90 Å². The number of hydrogen-bond acceptors (Lipinski definition) is 5. The first kappa shape index (κ1) is 28.2. The Bertz CT molecular complexity index is 1040. The van der Waals surface area contributed by atoms with Gasteiger partial charge in [-0.3, -0.25) is 14.4 Å². The molecule has 0 saturated carbocycles. The van der Waals surface area contributed by atoms with Crippen LogP contribution in [-0.2, 0) is 20.9 Å². The van der Waals surface area contributed by atoms with Gasteiger partial charge in [0.15, 0.2) is 5.78 Å². The summed E-state index contributed by atoms with van der Waals surface area (Å²) in [5, 5.41) is 20.2. The molecule has 0 bridgehead atoms. The molecule has 0 aliphatic rings. The summed E-state index contributed by atoms with van der Waals surface area (Å²) in [6.07, 6.45) is 3.07. The number of hydrogen-bond donors (Lipinski definition) is 2. The monoisotopic (exact) mass is 483 g/mol. The molecule has 0 saturated heterocycles. The molecule has 0 spiro atoms. The normalized spacial score (nSPS) is 12.0. The van der Waals surface area contributed by atoms with E-state index < -0.39 is 24.3 Å². The number of carboxylic acid groups (broad SMARTS) is 1. The van der Waals surface area contributed by atoms with Gasteiger partial charge in [0.05, 0.1) is 11.5 Å². The lowest BCUT2D eigenvalue weighted by molar-refractivity contribution is -0.138. The van der Waals surface area contributed by atoms with Crippen LogP contribution in [-0.4, -0.2) is 51.7 Å². The lowest BCUT2D eigenvalue weighted by atomic mass is 9.88. The number of aromatic carboxylic acids is 1. The minimum absolute atomic E-state index is 0.0105. The number of aliphatic hydroxyl groups excluding tert-OH is 1. The number of aliphatic hydroxyl groups is 1. The lowest BCUT2D eigenvalue weighted by Crippen LogP contribution is -2.33. The molecule has 2 aromatic rings. The summed E-state index contributed by atoms with van der Waals surface area (Å²) in [5.41, 5.74) is 1.05. The fourth-order valence-corrected chi connectivity index (χ4v) is 4.32. The number of rotatable bonds is 15. The highest BCUT2D eigenvalue weighted by Gasteiger charge is 2.27. The van der Waals surface area contributed by atoms with Crippen molar-refractivity contribution in [1.29, 1.82) is 0 Å². The van der Waals surface area contributed by atoms with Gasteiger partial charge >= 0.3 is 5.97 Å². The van der Waals surface area contributed by atoms with Gasteiger partial charge in [0, 0.05) is 25.9 Å². The molecule has 1 atom stereocenters. The maximum atomic E-state index is 13.2. The van der Waals surface area contributed by atoms with Crippen LogP contribution in [0, 0.1) is 11.8 Å². The van der Waals surface area contributed by atoms with E-state index in [0.717, 1.165) is 30.2 Å². The molecule has 190 valence electrons. The van der Waals surface area contributed by atoms with Crippen LogP contribution in [0.5, 0.6) is 0 Å². The molecule has 2 aromatic carbocycles. The van der Waals surface area contributed by atoms with E-state index in [2.05, 4.69) is 6.92 Å². The summed E-state index contributed by atoms with van der Waals surface area (Å²) in [7, 11) is 0. The number of carbonyl (C=O) groups is 4.